The van der Waals surface area contributed by atoms with Crippen molar-refractivity contribution < 1.29 is 26.8 Å². The van der Waals surface area contributed by atoms with Gasteiger partial charge in [0.1, 0.15) is 0 Å². The Morgan fingerprint density at radius 2 is 2.18 bits per heavy atom. The largest absolute Gasteiger partial charge is 0.398 e. The molecule has 0 aliphatic rings. The van der Waals surface area contributed by atoms with Crippen LogP contribution >= 0.6 is 0 Å². The second-order valence-electron chi connectivity index (χ2n) is 3.12. The summed E-state index contributed by atoms with van der Waals surface area (Å²) < 4.78 is 34.0. The molecule has 98 valence electrons. The van der Waals surface area contributed by atoms with Crippen molar-refractivity contribution in [2.24, 2.45) is 5.11 Å². The van der Waals surface area contributed by atoms with Crippen molar-refractivity contribution in [1.82, 2.24) is 5.06 Å². The smallest absolute Gasteiger partial charge is 0.274 e. The van der Waals surface area contributed by atoms with E-state index >= 15 is 0 Å². The van der Waals surface area contributed by atoms with Crippen molar-refractivity contribution in [3.63, 3.8) is 0 Å². The fourth-order valence-corrected chi connectivity index (χ4v) is 1.53. The zero-order valence-corrected chi connectivity index (χ0v) is 10.2. The van der Waals surface area contributed by atoms with Gasteiger partial charge < -0.3 is 0 Å². The Labute approximate surface area is 97.6 Å². The van der Waals surface area contributed by atoms with Gasteiger partial charge in [0.2, 0.25) is 0 Å². The summed E-state index contributed by atoms with van der Waals surface area (Å²) in [6, 6.07) is 0. The Morgan fingerprint density at radius 1 is 1.65 bits per heavy atom. The lowest BCUT2D eigenvalue weighted by atomic mass is 10.1. The van der Waals surface area contributed by atoms with Crippen LogP contribution in [-0.4, -0.2) is 50.2 Å². The monoisotopic (exact) mass is 268 g/mol. The van der Waals surface area contributed by atoms with Crippen LogP contribution in [0.5, 0.6) is 0 Å². The first-order chi connectivity index (χ1) is 7.66. The molecule has 11 heteroatoms. The maximum absolute atomic E-state index is 11.7. The van der Waals surface area contributed by atoms with Crippen molar-refractivity contribution in [3.8, 4) is 0 Å². The number of likely N-dealkylation sites (N-methyl/N-ethyl adjacent to an activating group) is 1. The van der Waals surface area contributed by atoms with Crippen molar-refractivity contribution >= 4 is 16.3 Å². The molecule has 0 aromatic rings. The van der Waals surface area contributed by atoms with Gasteiger partial charge in [0.15, 0.2) is 5.60 Å². The van der Waals surface area contributed by atoms with Gasteiger partial charge in [0.05, 0.1) is 13.7 Å². The number of hydroxylamine groups is 2. The molecule has 0 saturated heterocycles. The maximum atomic E-state index is 11.7. The summed E-state index contributed by atoms with van der Waals surface area (Å²) in [5.41, 5.74) is 6.06. The van der Waals surface area contributed by atoms with Crippen molar-refractivity contribution in [3.05, 3.63) is 10.4 Å². The van der Waals surface area contributed by atoms with E-state index in [9.17, 15) is 13.2 Å². The molecule has 0 unspecified atom stereocenters. The topological polar surface area (TPSA) is 142 Å². The lowest BCUT2D eigenvalue weighted by Gasteiger charge is -2.28. The van der Waals surface area contributed by atoms with Crippen LogP contribution in [0.25, 0.3) is 10.4 Å². The van der Waals surface area contributed by atoms with Crippen LogP contribution in [0.1, 0.15) is 6.92 Å². The predicted octanol–water partition coefficient (Wildman–Crippen LogP) is -0.105. The summed E-state index contributed by atoms with van der Waals surface area (Å²) in [5, 5.41) is 3.72. The van der Waals surface area contributed by atoms with Crippen LogP contribution in [0.2, 0.25) is 0 Å². The molecule has 10 nitrogen and oxygen atoms in total. The molecule has 17 heavy (non-hydrogen) atoms. The van der Waals surface area contributed by atoms with Crippen LogP contribution in [0.15, 0.2) is 5.11 Å². The Bertz CT molecular complexity index is 430. The van der Waals surface area contributed by atoms with Gasteiger partial charge in [-0.3, -0.25) is 14.2 Å². The average molecular weight is 268 g/mol. The minimum atomic E-state index is -4.89. The Hall–Kier alpha value is -1.39. The van der Waals surface area contributed by atoms with Gasteiger partial charge in [-0.25, -0.2) is 9.25 Å². The summed E-state index contributed by atoms with van der Waals surface area (Å²) in [7, 11) is -2.52. The summed E-state index contributed by atoms with van der Waals surface area (Å²) in [6.07, 6.45) is 0. The highest BCUT2D eigenvalue weighted by molar-refractivity contribution is 7.81. The minimum Gasteiger partial charge on any atom is -0.274 e. The minimum absolute atomic E-state index is 0.629. The second kappa shape index (κ2) is 5.80. The molecule has 0 fully saturated rings. The molecule has 0 aliphatic heterocycles. The van der Waals surface area contributed by atoms with Gasteiger partial charge in [0.25, 0.3) is 5.91 Å². The van der Waals surface area contributed by atoms with Crippen molar-refractivity contribution in [1.29, 1.82) is 0 Å². The molecule has 0 bridgehead atoms. The fourth-order valence-electron chi connectivity index (χ4n) is 0.945. The third-order valence-electron chi connectivity index (χ3n) is 1.74. The van der Waals surface area contributed by atoms with E-state index in [4.69, 9.17) is 10.1 Å². The number of hydrogen-bond acceptors (Lipinski definition) is 6. The van der Waals surface area contributed by atoms with E-state index in [-0.39, 0.29) is 0 Å². The highest BCUT2D eigenvalue weighted by Crippen LogP contribution is 2.17. The third-order valence-corrected chi connectivity index (χ3v) is 2.32. The van der Waals surface area contributed by atoms with Crippen LogP contribution in [0.4, 0.5) is 0 Å². The first-order valence-corrected chi connectivity index (χ1v) is 5.54. The molecule has 0 spiro atoms. The number of carbonyl (C=O) groups is 1. The standard InChI is InChI=1S/C6H12N4O6S/c1-6(4-8-9-7,16-17(12,13)14)5(11)10(2)15-3/h4H2,1-3H3,(H,12,13,14)/t6-/m0/s1. The zero-order chi connectivity index (χ0) is 13.7. The molecule has 0 aromatic carbocycles. The Morgan fingerprint density at radius 3 is 2.53 bits per heavy atom. The summed E-state index contributed by atoms with van der Waals surface area (Å²) in [6.45, 7) is 0.406. The van der Waals surface area contributed by atoms with E-state index in [2.05, 4.69) is 19.0 Å². The van der Waals surface area contributed by atoms with Gasteiger partial charge in [-0.05, 0) is 12.5 Å². The van der Waals surface area contributed by atoms with Gasteiger partial charge in [-0.1, -0.05) is 5.11 Å². The lowest BCUT2D eigenvalue weighted by Crippen LogP contribution is -2.50. The number of amides is 1. The first-order valence-electron chi connectivity index (χ1n) is 4.17. The van der Waals surface area contributed by atoms with E-state index in [0.717, 1.165) is 6.92 Å². The van der Waals surface area contributed by atoms with Gasteiger partial charge in [-0.15, -0.1) is 0 Å². The third kappa shape index (κ3) is 4.97. The number of nitrogens with zero attached hydrogens (tertiary/aromatic N) is 4. The van der Waals surface area contributed by atoms with E-state index in [1.807, 2.05) is 0 Å². The van der Waals surface area contributed by atoms with Crippen LogP contribution in [0, 0.1) is 0 Å². The zero-order valence-electron chi connectivity index (χ0n) is 9.39. The molecular formula is C6H12N4O6S. The van der Waals surface area contributed by atoms with Gasteiger partial charge >= 0.3 is 10.4 Å². The molecule has 0 heterocycles. The highest BCUT2D eigenvalue weighted by Gasteiger charge is 2.41. The molecule has 0 aliphatic carbocycles. The van der Waals surface area contributed by atoms with E-state index in [1.165, 1.54) is 14.2 Å². The second-order valence-corrected chi connectivity index (χ2v) is 4.14. The van der Waals surface area contributed by atoms with Gasteiger partial charge in [-0.2, -0.15) is 8.42 Å². The molecule has 1 amide bonds. The van der Waals surface area contributed by atoms with Crippen LogP contribution in [0.3, 0.4) is 0 Å². The Kier molecular flexibility index (Phi) is 5.32. The number of azide groups is 1. The van der Waals surface area contributed by atoms with E-state index in [0.29, 0.717) is 5.06 Å². The van der Waals surface area contributed by atoms with E-state index < -0.39 is 28.5 Å². The SMILES string of the molecule is CON(C)C(=O)[C@](C)(CN=[N+]=[N-])OS(=O)(=O)O. The summed E-state index contributed by atoms with van der Waals surface area (Å²) in [4.78, 5) is 18.6. The molecule has 0 radical (unpaired) electrons. The molecule has 0 aromatic heterocycles. The normalized spacial score (nSPS) is 14.6. The fraction of sp³-hybridized carbons (Fsp3) is 0.833. The number of rotatable bonds is 6. The highest BCUT2D eigenvalue weighted by atomic mass is 32.3. The van der Waals surface area contributed by atoms with Crippen molar-refractivity contribution in [2.75, 3.05) is 20.7 Å². The Balaban J connectivity index is 5.22. The molecular weight excluding hydrogens is 256 g/mol. The lowest BCUT2D eigenvalue weighted by molar-refractivity contribution is -0.183. The van der Waals surface area contributed by atoms with E-state index in [1.54, 1.807) is 0 Å². The maximum Gasteiger partial charge on any atom is 0.398 e. The summed E-state index contributed by atoms with van der Waals surface area (Å²) >= 11 is 0. The molecule has 1 atom stereocenters. The first kappa shape index (κ1) is 15.6. The quantitative estimate of drug-likeness (QED) is 0.234. The summed E-state index contributed by atoms with van der Waals surface area (Å²) in [5.74, 6) is -0.940. The molecule has 0 rings (SSSR count). The molecule has 1 N–H and O–H groups in total. The number of carbonyl (C=O) groups excluding carboxylic acids is 1. The predicted molar refractivity (Wildman–Crippen MR) is 54.8 cm³/mol. The molecule has 0 saturated carbocycles. The van der Waals surface area contributed by atoms with Gasteiger partial charge in [0, 0.05) is 12.0 Å². The van der Waals surface area contributed by atoms with Crippen LogP contribution < -0.4 is 0 Å². The van der Waals surface area contributed by atoms with Crippen LogP contribution in [-0.2, 0) is 24.2 Å². The number of hydrogen-bond donors (Lipinski definition) is 1. The van der Waals surface area contributed by atoms with Crippen molar-refractivity contribution in [2.45, 2.75) is 12.5 Å². The average Bonchev–Trinajstić information content (AvgIpc) is 2.21.